The molecule has 2 aromatic rings. The minimum Gasteiger partial charge on any atom is -0.365 e. The zero-order valence-corrected chi connectivity index (χ0v) is 15.3. The van der Waals surface area contributed by atoms with Crippen molar-refractivity contribution >= 4 is 17.5 Å². The van der Waals surface area contributed by atoms with Crippen molar-refractivity contribution < 1.29 is 18.3 Å². The summed E-state index contributed by atoms with van der Waals surface area (Å²) in [5.74, 6) is -0.989. The molecule has 0 aromatic heterocycles. The molecule has 0 aliphatic carbocycles. The summed E-state index contributed by atoms with van der Waals surface area (Å²) in [6.45, 7) is 3.40. The van der Waals surface area contributed by atoms with Gasteiger partial charge in [-0.05, 0) is 42.3 Å². The number of carbonyl (C=O) groups excluding carboxylic acids is 1. The third-order valence-electron chi connectivity index (χ3n) is 4.64. The number of halogens is 3. The molecule has 2 aromatic carbocycles. The zero-order chi connectivity index (χ0) is 18.9. The van der Waals surface area contributed by atoms with Crippen LogP contribution in [0.3, 0.4) is 0 Å². The van der Waals surface area contributed by atoms with Crippen LogP contribution in [0.1, 0.15) is 50.0 Å². The number of benzene rings is 2. The van der Waals surface area contributed by atoms with E-state index >= 15 is 0 Å². The van der Waals surface area contributed by atoms with Crippen molar-refractivity contribution in [3.05, 3.63) is 70.2 Å². The lowest BCUT2D eigenvalue weighted by Gasteiger charge is -2.43. The van der Waals surface area contributed by atoms with Gasteiger partial charge in [-0.1, -0.05) is 29.8 Å². The summed E-state index contributed by atoms with van der Waals surface area (Å²) in [7, 11) is 0. The molecule has 1 heterocycles. The number of nitrogens with one attached hydrogen (secondary N) is 1. The van der Waals surface area contributed by atoms with E-state index < -0.39 is 17.5 Å². The smallest absolute Gasteiger partial charge is 0.217 e. The Balaban J connectivity index is 1.94. The van der Waals surface area contributed by atoms with Crippen LogP contribution in [0.4, 0.5) is 8.78 Å². The Hall–Kier alpha value is -1.98. The van der Waals surface area contributed by atoms with Gasteiger partial charge < -0.3 is 10.1 Å². The molecule has 26 heavy (non-hydrogen) atoms. The van der Waals surface area contributed by atoms with Gasteiger partial charge in [0, 0.05) is 25.3 Å². The van der Waals surface area contributed by atoms with E-state index in [4.69, 9.17) is 16.3 Å². The summed E-state index contributed by atoms with van der Waals surface area (Å²) in [5, 5.41) is 3.03. The second-order valence-corrected chi connectivity index (χ2v) is 7.40. The number of ether oxygens (including phenoxy) is 1. The fourth-order valence-corrected chi connectivity index (χ4v) is 3.62. The number of amides is 1. The minimum atomic E-state index is -0.538. The van der Waals surface area contributed by atoms with Gasteiger partial charge in [0.25, 0.3) is 0 Å². The lowest BCUT2D eigenvalue weighted by atomic mass is 9.81. The molecule has 1 fully saturated rings. The predicted molar refractivity (Wildman–Crippen MR) is 95.8 cm³/mol. The van der Waals surface area contributed by atoms with Crippen LogP contribution < -0.4 is 5.32 Å². The fraction of sp³-hybridized carbons (Fsp3) is 0.350. The highest BCUT2D eigenvalue weighted by Gasteiger charge is 2.40. The van der Waals surface area contributed by atoms with Crippen LogP contribution in [0.2, 0.25) is 5.02 Å². The van der Waals surface area contributed by atoms with Crippen LogP contribution >= 0.6 is 11.6 Å². The Morgan fingerprint density at radius 1 is 1.12 bits per heavy atom. The molecule has 6 heteroatoms. The summed E-state index contributed by atoms with van der Waals surface area (Å²) >= 11 is 5.78. The van der Waals surface area contributed by atoms with E-state index in [9.17, 15) is 13.6 Å². The monoisotopic (exact) mass is 379 g/mol. The van der Waals surface area contributed by atoms with E-state index in [1.54, 1.807) is 18.2 Å². The average molecular weight is 380 g/mol. The van der Waals surface area contributed by atoms with Gasteiger partial charge >= 0.3 is 0 Å². The van der Waals surface area contributed by atoms with Crippen LogP contribution in [-0.4, -0.2) is 11.4 Å². The number of hydrogen-bond acceptors (Lipinski definition) is 2. The second kappa shape index (κ2) is 7.33. The molecule has 1 amide bonds. The quantitative estimate of drug-likeness (QED) is 0.805. The Kier molecular flexibility index (Phi) is 5.30. The first-order chi connectivity index (χ1) is 12.3. The standard InChI is InChI=1S/C20H20ClF2NO2/c1-12(25)24-20(2)10-18(13-3-6-15(22)7-4-13)26-19(11-20)14-5-8-16(21)17(23)9-14/h3-9,18-19H,10-11H2,1-2H3,(H,24,25)/t18-,19+,20-/m0/s1. The normalized spacial score (nSPS) is 25.7. The average Bonchev–Trinajstić information content (AvgIpc) is 2.56. The van der Waals surface area contributed by atoms with Crippen LogP contribution in [0.15, 0.2) is 42.5 Å². The Labute approximate surface area is 156 Å². The summed E-state index contributed by atoms with van der Waals surface area (Å²) in [6.07, 6.45) is 0.239. The molecule has 3 atom stereocenters. The number of carbonyl (C=O) groups is 1. The molecular weight excluding hydrogens is 360 g/mol. The van der Waals surface area contributed by atoms with Gasteiger partial charge in [-0.25, -0.2) is 8.78 Å². The first-order valence-corrected chi connectivity index (χ1v) is 8.78. The van der Waals surface area contributed by atoms with Crippen molar-refractivity contribution in [2.75, 3.05) is 0 Å². The van der Waals surface area contributed by atoms with Gasteiger partial charge in [0.2, 0.25) is 5.91 Å². The second-order valence-electron chi connectivity index (χ2n) is 6.99. The van der Waals surface area contributed by atoms with Crippen molar-refractivity contribution in [1.29, 1.82) is 0 Å². The maximum absolute atomic E-state index is 13.9. The lowest BCUT2D eigenvalue weighted by Crippen LogP contribution is -2.50. The minimum absolute atomic E-state index is 0.0456. The molecule has 1 N–H and O–H groups in total. The third kappa shape index (κ3) is 4.22. The van der Waals surface area contributed by atoms with E-state index in [1.807, 2.05) is 6.92 Å². The first-order valence-electron chi connectivity index (χ1n) is 8.40. The Morgan fingerprint density at radius 2 is 1.69 bits per heavy atom. The van der Waals surface area contributed by atoms with Crippen LogP contribution in [-0.2, 0) is 9.53 Å². The summed E-state index contributed by atoms with van der Waals surface area (Å²) in [4.78, 5) is 11.7. The highest BCUT2D eigenvalue weighted by molar-refractivity contribution is 6.30. The molecule has 1 aliphatic heterocycles. The highest BCUT2D eigenvalue weighted by atomic mass is 35.5. The van der Waals surface area contributed by atoms with Crippen molar-refractivity contribution in [3.8, 4) is 0 Å². The molecule has 1 aliphatic rings. The van der Waals surface area contributed by atoms with E-state index in [1.165, 1.54) is 31.2 Å². The maximum atomic E-state index is 13.9. The molecule has 138 valence electrons. The summed E-state index contributed by atoms with van der Waals surface area (Å²) in [6, 6.07) is 10.6. The largest absolute Gasteiger partial charge is 0.365 e. The van der Waals surface area contributed by atoms with E-state index in [0.29, 0.717) is 18.4 Å². The third-order valence-corrected chi connectivity index (χ3v) is 4.94. The summed E-state index contributed by atoms with van der Waals surface area (Å²) in [5.41, 5.74) is 0.918. The topological polar surface area (TPSA) is 38.3 Å². The number of rotatable bonds is 3. The van der Waals surface area contributed by atoms with Gasteiger partial charge in [0.15, 0.2) is 0 Å². The van der Waals surface area contributed by atoms with Crippen molar-refractivity contribution in [2.24, 2.45) is 0 Å². The molecule has 0 radical (unpaired) electrons. The number of hydrogen-bond donors (Lipinski definition) is 1. The first kappa shape index (κ1) is 18.8. The molecule has 0 bridgehead atoms. The van der Waals surface area contributed by atoms with Crippen molar-refractivity contribution in [1.82, 2.24) is 5.32 Å². The molecule has 0 spiro atoms. The lowest BCUT2D eigenvalue weighted by molar-refractivity contribution is -0.126. The van der Waals surface area contributed by atoms with Crippen LogP contribution in [0.5, 0.6) is 0 Å². The fourth-order valence-electron chi connectivity index (χ4n) is 3.51. The van der Waals surface area contributed by atoms with Gasteiger partial charge in [0.05, 0.1) is 17.2 Å². The van der Waals surface area contributed by atoms with Gasteiger partial charge in [0.1, 0.15) is 11.6 Å². The van der Waals surface area contributed by atoms with Crippen molar-refractivity contribution in [2.45, 2.75) is 44.4 Å². The molecule has 0 unspecified atom stereocenters. The van der Waals surface area contributed by atoms with Gasteiger partial charge in [-0.3, -0.25) is 4.79 Å². The zero-order valence-electron chi connectivity index (χ0n) is 14.6. The van der Waals surface area contributed by atoms with Crippen LogP contribution in [0.25, 0.3) is 0 Å². The van der Waals surface area contributed by atoms with Gasteiger partial charge in [-0.15, -0.1) is 0 Å². The highest BCUT2D eigenvalue weighted by Crippen LogP contribution is 2.44. The summed E-state index contributed by atoms with van der Waals surface area (Å²) < 4.78 is 33.3. The van der Waals surface area contributed by atoms with E-state index in [2.05, 4.69) is 5.32 Å². The Bertz CT molecular complexity index is 812. The molecule has 0 saturated carbocycles. The van der Waals surface area contributed by atoms with Crippen molar-refractivity contribution in [3.63, 3.8) is 0 Å². The molecular formula is C20H20ClF2NO2. The Morgan fingerprint density at radius 3 is 2.27 bits per heavy atom. The van der Waals surface area contributed by atoms with E-state index in [0.717, 1.165) is 5.56 Å². The van der Waals surface area contributed by atoms with Gasteiger partial charge in [-0.2, -0.15) is 0 Å². The predicted octanol–water partition coefficient (Wildman–Crippen LogP) is 5.11. The SMILES string of the molecule is CC(=O)N[C@@]1(C)C[C@@H](c2ccc(F)cc2)O[C@@H](c2ccc(Cl)c(F)c2)C1. The maximum Gasteiger partial charge on any atom is 0.217 e. The molecule has 1 saturated heterocycles. The molecule has 3 rings (SSSR count). The molecule has 3 nitrogen and oxygen atoms in total. The van der Waals surface area contributed by atoms with E-state index in [-0.39, 0.29) is 22.9 Å². The van der Waals surface area contributed by atoms with Crippen LogP contribution in [0, 0.1) is 11.6 Å².